The van der Waals surface area contributed by atoms with Gasteiger partial charge in [-0.05, 0) is 62.0 Å². The minimum absolute atomic E-state index is 0.286. The minimum atomic E-state index is -0.521. The second-order valence-corrected chi connectivity index (χ2v) is 7.48. The van der Waals surface area contributed by atoms with E-state index in [4.69, 9.17) is 0 Å². The Balaban J connectivity index is 1.50. The van der Waals surface area contributed by atoms with Gasteiger partial charge in [-0.15, -0.1) is 10.2 Å². The highest BCUT2D eigenvalue weighted by Crippen LogP contribution is 2.37. The Kier molecular flexibility index (Phi) is 5.65. The second-order valence-electron chi connectivity index (χ2n) is 7.48. The van der Waals surface area contributed by atoms with Crippen LogP contribution in [-0.2, 0) is 0 Å². The number of aromatic nitrogens is 4. The molecular weight excluding hydrogens is 383 g/mol. The lowest BCUT2D eigenvalue weighted by atomic mass is 10.0. The standard InChI is InChI=1S/C22H23FN6O/c1-14(12-25-15(2)23)16-8-9-24-20(11-16)22(30)27-18-5-3-4-17(10-18)21-28-26-13-29(21)19-6-7-19/h4,8-13,19H,3,5-7H2,1-2H3,(H,27,30)/b14-12+,25-15+. The smallest absolute Gasteiger partial charge is 0.274 e. The van der Waals surface area contributed by atoms with Gasteiger partial charge in [-0.2, -0.15) is 4.39 Å². The average molecular weight is 406 g/mol. The monoisotopic (exact) mass is 406 g/mol. The van der Waals surface area contributed by atoms with Crippen molar-refractivity contribution < 1.29 is 9.18 Å². The molecule has 0 saturated heterocycles. The molecule has 2 aromatic heterocycles. The van der Waals surface area contributed by atoms with Crippen LogP contribution in [0, 0.1) is 0 Å². The molecule has 0 bridgehead atoms. The van der Waals surface area contributed by atoms with E-state index in [-0.39, 0.29) is 5.91 Å². The van der Waals surface area contributed by atoms with Gasteiger partial charge in [0.1, 0.15) is 12.0 Å². The second kappa shape index (κ2) is 8.52. The third-order valence-electron chi connectivity index (χ3n) is 5.04. The maximum atomic E-state index is 12.9. The molecule has 1 fully saturated rings. The molecule has 0 atom stereocenters. The Bertz CT molecular complexity index is 1090. The van der Waals surface area contributed by atoms with E-state index in [2.05, 4.69) is 36.1 Å². The van der Waals surface area contributed by atoms with Crippen molar-refractivity contribution in [2.75, 3.05) is 0 Å². The molecular formula is C22H23FN6O. The lowest BCUT2D eigenvalue weighted by molar-refractivity contribution is 0.0959. The fourth-order valence-corrected chi connectivity index (χ4v) is 3.30. The number of carbonyl (C=O) groups is 1. The van der Waals surface area contributed by atoms with E-state index in [0.717, 1.165) is 53.9 Å². The molecule has 2 heterocycles. The Hall–Kier alpha value is -3.42. The number of carbonyl (C=O) groups excluding carboxylic acids is 1. The van der Waals surface area contributed by atoms with Gasteiger partial charge in [-0.25, -0.2) is 4.99 Å². The van der Waals surface area contributed by atoms with Crippen LogP contribution >= 0.6 is 0 Å². The number of rotatable bonds is 6. The van der Waals surface area contributed by atoms with E-state index in [0.29, 0.717) is 11.7 Å². The first kappa shape index (κ1) is 19.9. The summed E-state index contributed by atoms with van der Waals surface area (Å²) < 4.78 is 15.0. The van der Waals surface area contributed by atoms with Crippen molar-refractivity contribution in [3.05, 3.63) is 65.8 Å². The maximum absolute atomic E-state index is 12.9. The fourth-order valence-electron chi connectivity index (χ4n) is 3.30. The Morgan fingerprint density at radius 2 is 2.20 bits per heavy atom. The molecule has 0 spiro atoms. The number of hydrogen-bond acceptors (Lipinski definition) is 5. The zero-order valence-corrected chi connectivity index (χ0v) is 17.0. The van der Waals surface area contributed by atoms with Gasteiger partial charge >= 0.3 is 0 Å². The number of allylic oxidation sites excluding steroid dienone is 5. The molecule has 0 unspecified atom stereocenters. The van der Waals surface area contributed by atoms with Crippen LogP contribution in [0.15, 0.2) is 53.7 Å². The molecule has 154 valence electrons. The highest BCUT2D eigenvalue weighted by Gasteiger charge is 2.27. The van der Waals surface area contributed by atoms with Crippen LogP contribution in [0.2, 0.25) is 0 Å². The largest absolute Gasteiger partial charge is 0.324 e. The van der Waals surface area contributed by atoms with Crippen molar-refractivity contribution in [1.82, 2.24) is 25.1 Å². The zero-order valence-electron chi connectivity index (χ0n) is 17.0. The molecule has 0 aromatic carbocycles. The molecule has 2 aliphatic rings. The van der Waals surface area contributed by atoms with Crippen LogP contribution < -0.4 is 5.32 Å². The number of pyridine rings is 1. The third kappa shape index (κ3) is 4.59. The fraction of sp³-hybridized carbons (Fsp3) is 0.318. The van der Waals surface area contributed by atoms with E-state index in [1.165, 1.54) is 13.1 Å². The van der Waals surface area contributed by atoms with Gasteiger partial charge in [0.2, 0.25) is 0 Å². The summed E-state index contributed by atoms with van der Waals surface area (Å²) in [6.07, 6.45) is 12.7. The van der Waals surface area contributed by atoms with Gasteiger partial charge in [-0.3, -0.25) is 9.78 Å². The quantitative estimate of drug-likeness (QED) is 0.727. The maximum Gasteiger partial charge on any atom is 0.274 e. The van der Waals surface area contributed by atoms with E-state index in [1.54, 1.807) is 31.6 Å². The van der Waals surface area contributed by atoms with E-state index < -0.39 is 5.97 Å². The van der Waals surface area contributed by atoms with Gasteiger partial charge in [0, 0.05) is 36.6 Å². The highest BCUT2D eigenvalue weighted by atomic mass is 19.1. The van der Waals surface area contributed by atoms with Gasteiger partial charge in [0.15, 0.2) is 11.8 Å². The molecule has 1 saturated carbocycles. The predicted molar refractivity (Wildman–Crippen MR) is 113 cm³/mol. The van der Waals surface area contributed by atoms with Crippen LogP contribution in [0.5, 0.6) is 0 Å². The van der Waals surface area contributed by atoms with Crippen LogP contribution in [0.25, 0.3) is 11.1 Å². The normalized spacial score (nSPS) is 17.4. The molecule has 8 heteroatoms. The highest BCUT2D eigenvalue weighted by molar-refractivity contribution is 5.94. The molecule has 0 aliphatic heterocycles. The number of nitrogens with one attached hydrogen (secondary N) is 1. The molecule has 0 radical (unpaired) electrons. The first-order valence-corrected chi connectivity index (χ1v) is 9.96. The lowest BCUT2D eigenvalue weighted by Crippen LogP contribution is -2.24. The van der Waals surface area contributed by atoms with Crippen molar-refractivity contribution >= 4 is 23.0 Å². The van der Waals surface area contributed by atoms with Crippen LogP contribution in [0.4, 0.5) is 4.39 Å². The van der Waals surface area contributed by atoms with Gasteiger partial charge in [0.25, 0.3) is 5.91 Å². The molecule has 2 aliphatic carbocycles. The summed E-state index contributed by atoms with van der Waals surface area (Å²) >= 11 is 0. The van der Waals surface area contributed by atoms with Crippen LogP contribution in [0.1, 0.15) is 67.4 Å². The summed E-state index contributed by atoms with van der Waals surface area (Å²) in [6.45, 7) is 3.09. The number of aliphatic imine (C=N–C) groups is 1. The van der Waals surface area contributed by atoms with E-state index >= 15 is 0 Å². The first-order valence-electron chi connectivity index (χ1n) is 9.96. The zero-order chi connectivity index (χ0) is 21.1. The van der Waals surface area contributed by atoms with Gasteiger partial charge < -0.3 is 9.88 Å². The molecule has 7 nitrogen and oxygen atoms in total. The van der Waals surface area contributed by atoms with Gasteiger partial charge in [0.05, 0.1) is 0 Å². The van der Waals surface area contributed by atoms with E-state index in [1.807, 2.05) is 6.08 Å². The number of hydrogen-bond donors (Lipinski definition) is 1. The van der Waals surface area contributed by atoms with Crippen molar-refractivity contribution in [2.24, 2.45) is 4.99 Å². The summed E-state index contributed by atoms with van der Waals surface area (Å²) in [5.41, 5.74) is 3.58. The van der Waals surface area contributed by atoms with Crippen LogP contribution in [-0.4, -0.2) is 31.6 Å². The number of nitrogens with zero attached hydrogens (tertiary/aromatic N) is 5. The third-order valence-corrected chi connectivity index (χ3v) is 5.04. The molecule has 2 aromatic rings. The Labute approximate surface area is 174 Å². The molecule has 30 heavy (non-hydrogen) atoms. The molecule has 1 amide bonds. The summed E-state index contributed by atoms with van der Waals surface area (Å²) in [5.74, 6) is 0.0338. The topological polar surface area (TPSA) is 85.1 Å². The minimum Gasteiger partial charge on any atom is -0.324 e. The summed E-state index contributed by atoms with van der Waals surface area (Å²) in [6, 6.07) is 3.92. The Morgan fingerprint density at radius 3 is 2.97 bits per heavy atom. The van der Waals surface area contributed by atoms with Crippen molar-refractivity contribution in [2.45, 2.75) is 45.6 Å². The predicted octanol–water partition coefficient (Wildman–Crippen LogP) is 4.25. The first-order chi connectivity index (χ1) is 14.5. The summed E-state index contributed by atoms with van der Waals surface area (Å²) in [7, 11) is 0. The van der Waals surface area contributed by atoms with Gasteiger partial charge in [-0.1, -0.05) is 6.08 Å². The SMILES string of the molecule is C/C(=C\N=C(/C)F)c1ccnc(C(=O)NC2=CC(c3nncn3C3CC3)=CCC2)c1. The lowest BCUT2D eigenvalue weighted by Gasteiger charge is -2.15. The van der Waals surface area contributed by atoms with Crippen molar-refractivity contribution in [3.63, 3.8) is 0 Å². The summed E-state index contributed by atoms with van der Waals surface area (Å²) in [5, 5.41) is 11.3. The van der Waals surface area contributed by atoms with Crippen molar-refractivity contribution in [3.8, 4) is 0 Å². The molecule has 1 N–H and O–H groups in total. The van der Waals surface area contributed by atoms with E-state index in [9.17, 15) is 9.18 Å². The Morgan fingerprint density at radius 1 is 1.37 bits per heavy atom. The number of amides is 1. The van der Waals surface area contributed by atoms with Crippen molar-refractivity contribution in [1.29, 1.82) is 0 Å². The summed E-state index contributed by atoms with van der Waals surface area (Å²) in [4.78, 5) is 20.6. The molecule has 4 rings (SSSR count). The van der Waals surface area contributed by atoms with Crippen LogP contribution in [0.3, 0.4) is 0 Å². The average Bonchev–Trinajstić information content (AvgIpc) is 3.48. The number of halogens is 1.